The highest BCUT2D eigenvalue weighted by Crippen LogP contribution is 2.28. The minimum Gasteiger partial charge on any atom is -0.313 e. The van der Waals surface area contributed by atoms with Gasteiger partial charge in [0.25, 0.3) is 0 Å². The van der Waals surface area contributed by atoms with Crippen molar-refractivity contribution >= 4 is 11.6 Å². The van der Waals surface area contributed by atoms with E-state index in [0.717, 1.165) is 29.1 Å². The van der Waals surface area contributed by atoms with E-state index in [1.807, 2.05) is 30.3 Å². The Morgan fingerprint density at radius 3 is 2.48 bits per heavy atom. The zero-order valence-electron chi connectivity index (χ0n) is 11.9. The zero-order chi connectivity index (χ0) is 14.7. The van der Waals surface area contributed by atoms with Crippen molar-refractivity contribution < 1.29 is 4.39 Å². The molecule has 1 atom stereocenters. The smallest absolute Gasteiger partial charge is 0.123 e. The van der Waals surface area contributed by atoms with Crippen LogP contribution in [0.15, 0.2) is 48.5 Å². The van der Waals surface area contributed by atoms with Gasteiger partial charge in [0.2, 0.25) is 0 Å². The first-order valence-corrected chi connectivity index (χ1v) is 7.82. The van der Waals surface area contributed by atoms with Crippen LogP contribution in [0, 0.1) is 5.82 Å². The van der Waals surface area contributed by atoms with E-state index in [1.165, 1.54) is 25.0 Å². The van der Waals surface area contributed by atoms with E-state index < -0.39 is 0 Å². The molecule has 1 aliphatic rings. The van der Waals surface area contributed by atoms with E-state index in [1.54, 1.807) is 0 Å². The average molecular weight is 304 g/mol. The topological polar surface area (TPSA) is 12.0 Å². The minimum atomic E-state index is -0.191. The molecule has 1 unspecified atom stereocenters. The summed E-state index contributed by atoms with van der Waals surface area (Å²) in [5.74, 6) is 0.119. The summed E-state index contributed by atoms with van der Waals surface area (Å²) in [5.41, 5.74) is 2.30. The second kappa shape index (κ2) is 6.59. The molecule has 2 aromatic carbocycles. The largest absolute Gasteiger partial charge is 0.313 e. The fourth-order valence-electron chi connectivity index (χ4n) is 2.60. The molecule has 2 aromatic rings. The number of hydrogen-bond donors (Lipinski definition) is 1. The standard InChI is InChI=1S/C18H19ClFN/c19-18-4-2-1-3-17(18)14(12-21-16-9-10-16)11-13-5-7-15(20)8-6-13/h1-8,14,16,21H,9-12H2. The second-order valence-electron chi connectivity index (χ2n) is 5.73. The maximum absolute atomic E-state index is 13.0. The molecule has 1 fully saturated rings. The summed E-state index contributed by atoms with van der Waals surface area (Å²) in [7, 11) is 0. The summed E-state index contributed by atoms with van der Waals surface area (Å²) >= 11 is 6.35. The van der Waals surface area contributed by atoms with Gasteiger partial charge in [-0.15, -0.1) is 0 Å². The van der Waals surface area contributed by atoms with Gasteiger partial charge in [0.1, 0.15) is 5.82 Å². The zero-order valence-corrected chi connectivity index (χ0v) is 12.6. The van der Waals surface area contributed by atoms with Crippen molar-refractivity contribution in [1.82, 2.24) is 5.32 Å². The van der Waals surface area contributed by atoms with E-state index in [4.69, 9.17) is 11.6 Å². The molecule has 0 spiro atoms. The fraction of sp³-hybridized carbons (Fsp3) is 0.333. The Bertz CT molecular complexity index is 592. The molecule has 0 aromatic heterocycles. The summed E-state index contributed by atoms with van der Waals surface area (Å²) in [5, 5.41) is 4.39. The molecule has 3 heteroatoms. The number of hydrogen-bond acceptors (Lipinski definition) is 1. The summed E-state index contributed by atoms with van der Waals surface area (Å²) in [6.45, 7) is 0.909. The third-order valence-corrected chi connectivity index (χ3v) is 4.31. The van der Waals surface area contributed by atoms with Crippen LogP contribution in [0.5, 0.6) is 0 Å². The molecule has 1 N–H and O–H groups in total. The summed E-state index contributed by atoms with van der Waals surface area (Å²) in [6, 6.07) is 15.4. The van der Waals surface area contributed by atoms with Crippen LogP contribution >= 0.6 is 11.6 Å². The fourth-order valence-corrected chi connectivity index (χ4v) is 2.89. The lowest BCUT2D eigenvalue weighted by molar-refractivity contribution is 0.576. The molecule has 110 valence electrons. The molecule has 0 radical (unpaired) electrons. The Morgan fingerprint density at radius 2 is 1.81 bits per heavy atom. The predicted molar refractivity (Wildman–Crippen MR) is 85.3 cm³/mol. The highest BCUT2D eigenvalue weighted by Gasteiger charge is 2.23. The van der Waals surface area contributed by atoms with E-state index >= 15 is 0 Å². The molecular weight excluding hydrogens is 285 g/mol. The van der Waals surface area contributed by atoms with Gasteiger partial charge in [-0.1, -0.05) is 41.9 Å². The molecule has 0 heterocycles. The maximum Gasteiger partial charge on any atom is 0.123 e. The van der Waals surface area contributed by atoms with Crippen LogP contribution in [-0.4, -0.2) is 12.6 Å². The van der Waals surface area contributed by atoms with Crippen LogP contribution in [0.3, 0.4) is 0 Å². The lowest BCUT2D eigenvalue weighted by Gasteiger charge is -2.19. The molecule has 1 aliphatic carbocycles. The van der Waals surface area contributed by atoms with Gasteiger partial charge in [-0.05, 0) is 48.6 Å². The molecule has 1 saturated carbocycles. The summed E-state index contributed by atoms with van der Waals surface area (Å²) < 4.78 is 13.0. The van der Waals surface area contributed by atoms with Gasteiger partial charge >= 0.3 is 0 Å². The van der Waals surface area contributed by atoms with Gasteiger partial charge in [-0.25, -0.2) is 4.39 Å². The second-order valence-corrected chi connectivity index (χ2v) is 6.14. The molecule has 0 aliphatic heterocycles. The Hall–Kier alpha value is -1.38. The first kappa shape index (κ1) is 14.6. The monoisotopic (exact) mass is 303 g/mol. The van der Waals surface area contributed by atoms with Crippen LogP contribution < -0.4 is 5.32 Å². The third-order valence-electron chi connectivity index (χ3n) is 3.97. The SMILES string of the molecule is Fc1ccc(CC(CNC2CC2)c2ccccc2Cl)cc1. The highest BCUT2D eigenvalue weighted by molar-refractivity contribution is 6.31. The predicted octanol–water partition coefficient (Wildman–Crippen LogP) is 4.56. The lowest BCUT2D eigenvalue weighted by Crippen LogP contribution is -2.25. The van der Waals surface area contributed by atoms with E-state index in [9.17, 15) is 4.39 Å². The van der Waals surface area contributed by atoms with Crippen LogP contribution in [0.25, 0.3) is 0 Å². The van der Waals surface area contributed by atoms with Crippen molar-refractivity contribution in [2.45, 2.75) is 31.2 Å². The van der Waals surface area contributed by atoms with Crippen LogP contribution in [-0.2, 0) is 6.42 Å². The van der Waals surface area contributed by atoms with Gasteiger partial charge in [-0.2, -0.15) is 0 Å². The number of halogens is 2. The van der Waals surface area contributed by atoms with Crippen molar-refractivity contribution in [1.29, 1.82) is 0 Å². The van der Waals surface area contributed by atoms with Crippen molar-refractivity contribution in [3.8, 4) is 0 Å². The Labute approximate surface area is 130 Å². The first-order chi connectivity index (χ1) is 10.2. The average Bonchev–Trinajstić information content (AvgIpc) is 3.30. The number of rotatable bonds is 6. The van der Waals surface area contributed by atoms with Gasteiger partial charge in [0.15, 0.2) is 0 Å². The van der Waals surface area contributed by atoms with Crippen LogP contribution in [0.2, 0.25) is 5.02 Å². The van der Waals surface area contributed by atoms with Crippen LogP contribution in [0.1, 0.15) is 29.9 Å². The lowest BCUT2D eigenvalue weighted by atomic mass is 9.91. The maximum atomic E-state index is 13.0. The number of nitrogens with one attached hydrogen (secondary N) is 1. The Balaban J connectivity index is 1.77. The van der Waals surface area contributed by atoms with Crippen molar-refractivity contribution in [2.75, 3.05) is 6.54 Å². The highest BCUT2D eigenvalue weighted by atomic mass is 35.5. The first-order valence-electron chi connectivity index (χ1n) is 7.44. The quantitative estimate of drug-likeness (QED) is 0.825. The van der Waals surface area contributed by atoms with Crippen molar-refractivity contribution in [2.24, 2.45) is 0 Å². The van der Waals surface area contributed by atoms with Gasteiger partial charge in [-0.3, -0.25) is 0 Å². The normalized spacial score (nSPS) is 15.9. The molecule has 0 amide bonds. The molecule has 21 heavy (non-hydrogen) atoms. The molecule has 0 bridgehead atoms. The minimum absolute atomic E-state index is 0.191. The number of benzene rings is 2. The van der Waals surface area contributed by atoms with Gasteiger partial charge in [0, 0.05) is 23.5 Å². The molecule has 1 nitrogen and oxygen atoms in total. The van der Waals surface area contributed by atoms with Crippen molar-refractivity contribution in [3.63, 3.8) is 0 Å². The molecular formula is C18H19ClFN. The van der Waals surface area contributed by atoms with Gasteiger partial charge < -0.3 is 5.32 Å². The third kappa shape index (κ3) is 4.05. The van der Waals surface area contributed by atoms with Gasteiger partial charge in [0.05, 0.1) is 0 Å². The van der Waals surface area contributed by atoms with E-state index in [0.29, 0.717) is 12.0 Å². The summed E-state index contributed by atoms with van der Waals surface area (Å²) in [4.78, 5) is 0. The van der Waals surface area contributed by atoms with E-state index in [2.05, 4.69) is 11.4 Å². The molecule has 0 saturated heterocycles. The molecule has 3 rings (SSSR count). The van der Waals surface area contributed by atoms with Crippen molar-refractivity contribution in [3.05, 3.63) is 70.5 Å². The van der Waals surface area contributed by atoms with E-state index in [-0.39, 0.29) is 5.82 Å². The Morgan fingerprint density at radius 1 is 1.10 bits per heavy atom. The summed E-state index contributed by atoms with van der Waals surface area (Å²) in [6.07, 6.45) is 3.40. The Kier molecular flexibility index (Phi) is 4.57. The van der Waals surface area contributed by atoms with Crippen LogP contribution in [0.4, 0.5) is 4.39 Å².